The number of carbonyl (C=O) groups is 1. The molecule has 0 fully saturated rings. The lowest BCUT2D eigenvalue weighted by Gasteiger charge is -2.09. The summed E-state index contributed by atoms with van der Waals surface area (Å²) in [6.45, 7) is 3.97. The topological polar surface area (TPSA) is 57.5 Å². The molecule has 0 bridgehead atoms. The number of hydrogen-bond donors (Lipinski definition) is 2. The van der Waals surface area contributed by atoms with Crippen LogP contribution in [0.4, 0.5) is 0 Å². The number of carboxylic acids is 1. The van der Waals surface area contributed by atoms with Gasteiger partial charge in [0, 0.05) is 0 Å². The van der Waals surface area contributed by atoms with E-state index in [1.54, 1.807) is 0 Å². The van der Waals surface area contributed by atoms with E-state index in [0.29, 0.717) is 12.3 Å². The summed E-state index contributed by atoms with van der Waals surface area (Å²) in [7, 11) is 0. The molecule has 0 amide bonds. The second-order valence-corrected chi connectivity index (χ2v) is 3.54. The Balaban J connectivity index is 3.52. The van der Waals surface area contributed by atoms with E-state index in [2.05, 4.69) is 13.8 Å². The summed E-state index contributed by atoms with van der Waals surface area (Å²) >= 11 is 0. The summed E-state index contributed by atoms with van der Waals surface area (Å²) in [6.07, 6.45) is 2.50. The Morgan fingerprint density at radius 2 is 1.92 bits per heavy atom. The molecule has 1 atom stereocenters. The maximum Gasteiger partial charge on any atom is 0.308 e. The van der Waals surface area contributed by atoms with Crippen LogP contribution in [0.2, 0.25) is 0 Å². The highest BCUT2D eigenvalue weighted by Crippen LogP contribution is 2.12. The van der Waals surface area contributed by atoms with E-state index in [1.807, 2.05) is 0 Å². The quantitative estimate of drug-likeness (QED) is 0.641. The van der Waals surface area contributed by atoms with Gasteiger partial charge >= 0.3 is 5.97 Å². The van der Waals surface area contributed by atoms with E-state index in [4.69, 9.17) is 10.2 Å². The van der Waals surface area contributed by atoms with Gasteiger partial charge in [-0.15, -0.1) is 0 Å². The Hall–Kier alpha value is -0.570. The fourth-order valence-electron chi connectivity index (χ4n) is 1.07. The van der Waals surface area contributed by atoms with Crippen molar-refractivity contribution >= 4 is 5.97 Å². The lowest BCUT2D eigenvalue weighted by atomic mass is 9.99. The normalized spacial score (nSPS) is 13.3. The van der Waals surface area contributed by atoms with Crippen LogP contribution >= 0.6 is 0 Å². The van der Waals surface area contributed by atoms with Gasteiger partial charge in [-0.3, -0.25) is 4.79 Å². The molecule has 2 N–H and O–H groups in total. The predicted molar refractivity (Wildman–Crippen MR) is 46.9 cm³/mol. The third-order valence-electron chi connectivity index (χ3n) is 1.90. The van der Waals surface area contributed by atoms with Crippen molar-refractivity contribution in [3.8, 4) is 0 Å². The van der Waals surface area contributed by atoms with Gasteiger partial charge in [-0.05, 0) is 12.3 Å². The lowest BCUT2D eigenvalue weighted by Crippen LogP contribution is -2.17. The van der Waals surface area contributed by atoms with Gasteiger partial charge in [0.1, 0.15) is 0 Å². The summed E-state index contributed by atoms with van der Waals surface area (Å²) in [5, 5.41) is 17.3. The zero-order chi connectivity index (χ0) is 9.56. The van der Waals surface area contributed by atoms with Crippen LogP contribution in [0.15, 0.2) is 0 Å². The van der Waals surface area contributed by atoms with Crippen molar-refractivity contribution in [1.82, 2.24) is 0 Å². The smallest absolute Gasteiger partial charge is 0.308 e. The van der Waals surface area contributed by atoms with Crippen molar-refractivity contribution < 1.29 is 15.0 Å². The zero-order valence-electron chi connectivity index (χ0n) is 7.79. The minimum atomic E-state index is -0.888. The minimum Gasteiger partial charge on any atom is -0.481 e. The zero-order valence-corrected chi connectivity index (χ0v) is 7.79. The second kappa shape index (κ2) is 6.00. The Morgan fingerprint density at radius 3 is 2.25 bits per heavy atom. The Morgan fingerprint density at radius 1 is 1.33 bits per heavy atom. The van der Waals surface area contributed by atoms with Crippen molar-refractivity contribution in [2.45, 2.75) is 33.1 Å². The molecule has 0 aromatic carbocycles. The Kier molecular flexibility index (Phi) is 5.72. The standard InChI is InChI=1S/C9H18O3/c1-7(2)4-3-5-8(6-10)9(11)12/h7-8,10H,3-6H2,1-2H3,(H,11,12). The average molecular weight is 174 g/mol. The molecule has 3 nitrogen and oxygen atoms in total. The predicted octanol–water partition coefficient (Wildman–Crippen LogP) is 1.51. The molecule has 0 heterocycles. The third-order valence-corrected chi connectivity index (χ3v) is 1.90. The molecule has 0 spiro atoms. The van der Waals surface area contributed by atoms with Crippen molar-refractivity contribution in [3.05, 3.63) is 0 Å². The summed E-state index contributed by atoms with van der Waals surface area (Å²) in [6, 6.07) is 0. The number of carboxylic acid groups (broad SMARTS) is 1. The number of rotatable bonds is 6. The first-order valence-corrected chi connectivity index (χ1v) is 4.41. The van der Waals surface area contributed by atoms with Gasteiger partial charge in [0.25, 0.3) is 0 Å². The van der Waals surface area contributed by atoms with Crippen molar-refractivity contribution in [1.29, 1.82) is 0 Å². The first-order valence-electron chi connectivity index (χ1n) is 4.41. The largest absolute Gasteiger partial charge is 0.481 e. The number of hydrogen-bond acceptors (Lipinski definition) is 2. The molecule has 3 heteroatoms. The van der Waals surface area contributed by atoms with Gasteiger partial charge in [0.2, 0.25) is 0 Å². The maximum atomic E-state index is 10.4. The SMILES string of the molecule is CC(C)CCCC(CO)C(=O)O. The van der Waals surface area contributed by atoms with Gasteiger partial charge in [-0.2, -0.15) is 0 Å². The lowest BCUT2D eigenvalue weighted by molar-refractivity contribution is -0.143. The van der Waals surface area contributed by atoms with Crippen LogP contribution in [-0.4, -0.2) is 22.8 Å². The van der Waals surface area contributed by atoms with Crippen LogP contribution in [0.1, 0.15) is 33.1 Å². The molecular weight excluding hydrogens is 156 g/mol. The molecule has 0 rings (SSSR count). The molecule has 1 unspecified atom stereocenters. The summed E-state index contributed by atoms with van der Waals surface area (Å²) in [4.78, 5) is 10.4. The summed E-state index contributed by atoms with van der Waals surface area (Å²) in [5.41, 5.74) is 0. The van der Waals surface area contributed by atoms with E-state index < -0.39 is 11.9 Å². The van der Waals surface area contributed by atoms with Crippen LogP contribution in [0.3, 0.4) is 0 Å². The molecule has 0 saturated carbocycles. The van der Waals surface area contributed by atoms with E-state index in [-0.39, 0.29) is 6.61 Å². The molecule has 0 saturated heterocycles. The first kappa shape index (κ1) is 11.4. The van der Waals surface area contributed by atoms with Crippen molar-refractivity contribution in [2.24, 2.45) is 11.8 Å². The van der Waals surface area contributed by atoms with Crippen LogP contribution in [-0.2, 0) is 4.79 Å². The highest BCUT2D eigenvalue weighted by molar-refractivity contribution is 5.69. The molecular formula is C9H18O3. The van der Waals surface area contributed by atoms with E-state index in [0.717, 1.165) is 12.8 Å². The van der Waals surface area contributed by atoms with Crippen LogP contribution in [0.25, 0.3) is 0 Å². The number of aliphatic hydroxyl groups excluding tert-OH is 1. The fraction of sp³-hybridized carbons (Fsp3) is 0.889. The highest BCUT2D eigenvalue weighted by atomic mass is 16.4. The van der Waals surface area contributed by atoms with Crippen molar-refractivity contribution in [2.75, 3.05) is 6.61 Å². The molecule has 0 radical (unpaired) electrons. The molecule has 0 aromatic rings. The van der Waals surface area contributed by atoms with Crippen LogP contribution in [0, 0.1) is 11.8 Å². The molecule has 0 aliphatic carbocycles. The first-order chi connectivity index (χ1) is 5.57. The average Bonchev–Trinajstić information content (AvgIpc) is 1.96. The molecule has 0 aliphatic rings. The Labute approximate surface area is 73.4 Å². The fourth-order valence-corrected chi connectivity index (χ4v) is 1.07. The third kappa shape index (κ3) is 5.13. The molecule has 12 heavy (non-hydrogen) atoms. The van der Waals surface area contributed by atoms with Crippen molar-refractivity contribution in [3.63, 3.8) is 0 Å². The second-order valence-electron chi connectivity index (χ2n) is 3.54. The van der Waals surface area contributed by atoms with Crippen LogP contribution < -0.4 is 0 Å². The van der Waals surface area contributed by atoms with Gasteiger partial charge in [0.05, 0.1) is 12.5 Å². The highest BCUT2D eigenvalue weighted by Gasteiger charge is 2.15. The number of aliphatic hydroxyl groups is 1. The summed E-state index contributed by atoms with van der Waals surface area (Å²) in [5.74, 6) is -0.844. The monoisotopic (exact) mass is 174 g/mol. The minimum absolute atomic E-state index is 0.243. The Bertz CT molecular complexity index is 132. The van der Waals surface area contributed by atoms with E-state index >= 15 is 0 Å². The van der Waals surface area contributed by atoms with Gasteiger partial charge in [0.15, 0.2) is 0 Å². The molecule has 72 valence electrons. The number of aliphatic carboxylic acids is 1. The molecule has 0 aliphatic heterocycles. The van der Waals surface area contributed by atoms with E-state index in [1.165, 1.54) is 0 Å². The summed E-state index contributed by atoms with van der Waals surface area (Å²) < 4.78 is 0. The van der Waals surface area contributed by atoms with Gasteiger partial charge < -0.3 is 10.2 Å². The maximum absolute atomic E-state index is 10.4. The van der Waals surface area contributed by atoms with Crippen LogP contribution in [0.5, 0.6) is 0 Å². The van der Waals surface area contributed by atoms with Gasteiger partial charge in [-0.25, -0.2) is 0 Å². The van der Waals surface area contributed by atoms with Gasteiger partial charge in [-0.1, -0.05) is 26.7 Å². The van der Waals surface area contributed by atoms with E-state index in [9.17, 15) is 4.79 Å². The molecule has 0 aromatic heterocycles.